The van der Waals surface area contributed by atoms with Crippen molar-refractivity contribution in [2.24, 2.45) is 0 Å². The molecule has 1 heterocycles. The smallest absolute Gasteiger partial charge is 0.306 e. The van der Waals surface area contributed by atoms with Crippen molar-refractivity contribution in [2.45, 2.75) is 307 Å². The molecule has 6 N–H and O–H groups in total. The Morgan fingerprint density at radius 2 is 0.960 bits per heavy atom. The number of hydrogen-bond donors (Lipinski definition) is 6. The third kappa shape index (κ3) is 40.0. The van der Waals surface area contributed by atoms with Crippen LogP contribution in [0.25, 0.3) is 0 Å². The Hall–Kier alpha value is -2.90. The van der Waals surface area contributed by atoms with Crippen molar-refractivity contribution < 1.29 is 49.3 Å². The summed E-state index contributed by atoms with van der Waals surface area (Å²) in [7, 11) is 0. The highest BCUT2D eigenvalue weighted by Crippen LogP contribution is 2.26. The molecule has 1 rings (SSSR count). The molecule has 0 spiro atoms. The lowest BCUT2D eigenvalue weighted by Crippen LogP contribution is -2.61. The molecule has 75 heavy (non-hydrogen) atoms. The van der Waals surface area contributed by atoms with Gasteiger partial charge in [0.1, 0.15) is 24.4 Å². The van der Waals surface area contributed by atoms with Crippen LogP contribution in [-0.4, -0.2) is 99.6 Å². The molecule has 8 unspecified atom stereocenters. The topological polar surface area (TPSA) is 175 Å². The van der Waals surface area contributed by atoms with Crippen molar-refractivity contribution in [3.8, 4) is 0 Å². The van der Waals surface area contributed by atoms with Crippen LogP contribution in [0, 0.1) is 0 Å². The van der Waals surface area contributed by atoms with Gasteiger partial charge in [-0.15, -0.1) is 0 Å². The van der Waals surface area contributed by atoms with E-state index in [1.165, 1.54) is 103 Å². The van der Waals surface area contributed by atoms with Gasteiger partial charge in [0.2, 0.25) is 5.91 Å². The molecule has 0 radical (unpaired) electrons. The minimum absolute atomic E-state index is 0.105. The summed E-state index contributed by atoms with van der Waals surface area (Å²) in [6.07, 6.45) is 55.0. The predicted molar refractivity (Wildman–Crippen MR) is 310 cm³/mol. The summed E-state index contributed by atoms with van der Waals surface area (Å²) in [4.78, 5) is 26.5. The van der Waals surface area contributed by atoms with E-state index < -0.39 is 67.4 Å². The van der Waals surface area contributed by atoms with E-state index in [9.17, 15) is 35.1 Å². The molecular formula is C64H113NO10. The first-order valence-electron chi connectivity index (χ1n) is 30.7. The second kappa shape index (κ2) is 51.8. The molecule has 0 aromatic heterocycles. The van der Waals surface area contributed by atoms with Crippen molar-refractivity contribution in [3.05, 3.63) is 72.9 Å². The number of rotatable bonds is 51. The lowest BCUT2D eigenvalue weighted by molar-refractivity contribution is -0.305. The summed E-state index contributed by atoms with van der Waals surface area (Å²) in [6, 6.07) is -1.04. The Balaban J connectivity index is 2.71. The first-order valence-corrected chi connectivity index (χ1v) is 30.7. The second-order valence-corrected chi connectivity index (χ2v) is 21.1. The molecule has 1 fully saturated rings. The van der Waals surface area contributed by atoms with Gasteiger partial charge in [0.25, 0.3) is 0 Å². The predicted octanol–water partition coefficient (Wildman–Crippen LogP) is 14.4. The van der Waals surface area contributed by atoms with Gasteiger partial charge in [-0.2, -0.15) is 0 Å². The maximum Gasteiger partial charge on any atom is 0.306 e. The summed E-state index contributed by atoms with van der Waals surface area (Å²) < 4.78 is 17.6. The minimum Gasteiger partial charge on any atom is -0.454 e. The van der Waals surface area contributed by atoms with E-state index in [0.29, 0.717) is 12.8 Å². The van der Waals surface area contributed by atoms with Gasteiger partial charge in [-0.3, -0.25) is 9.59 Å². The zero-order valence-corrected chi connectivity index (χ0v) is 47.9. The van der Waals surface area contributed by atoms with Crippen molar-refractivity contribution in [1.82, 2.24) is 5.32 Å². The fraction of sp³-hybridized carbons (Fsp3) is 0.781. The van der Waals surface area contributed by atoms with Crippen LogP contribution in [0.4, 0.5) is 0 Å². The number of aliphatic hydroxyl groups excluding tert-OH is 5. The van der Waals surface area contributed by atoms with Crippen molar-refractivity contribution in [1.29, 1.82) is 0 Å². The summed E-state index contributed by atoms with van der Waals surface area (Å²) in [5.41, 5.74) is 0. The molecule has 0 aromatic rings. The number of allylic oxidation sites excluding steroid dienone is 11. The van der Waals surface area contributed by atoms with E-state index in [1.807, 2.05) is 6.08 Å². The third-order valence-electron chi connectivity index (χ3n) is 14.1. The Labute approximate surface area is 458 Å². The molecule has 0 bridgehead atoms. The normalized spacial score (nSPS) is 19.7. The fourth-order valence-electron chi connectivity index (χ4n) is 9.18. The molecule has 11 nitrogen and oxygen atoms in total. The maximum absolute atomic E-state index is 13.4. The van der Waals surface area contributed by atoms with Crippen LogP contribution in [0.2, 0.25) is 0 Å². The zero-order chi connectivity index (χ0) is 54.7. The number of hydrogen-bond acceptors (Lipinski definition) is 10. The first-order chi connectivity index (χ1) is 36.7. The quantitative estimate of drug-likeness (QED) is 0.0149. The molecule has 1 aliphatic rings. The van der Waals surface area contributed by atoms with Crippen molar-refractivity contribution in [3.63, 3.8) is 0 Å². The van der Waals surface area contributed by atoms with Crippen LogP contribution >= 0.6 is 0 Å². The van der Waals surface area contributed by atoms with Gasteiger partial charge < -0.3 is 45.1 Å². The van der Waals surface area contributed by atoms with Crippen LogP contribution in [0.1, 0.15) is 258 Å². The molecular weight excluding hydrogens is 943 g/mol. The van der Waals surface area contributed by atoms with E-state index in [2.05, 4.69) is 86.8 Å². The number of carbonyl (C=O) groups is 2. The third-order valence-corrected chi connectivity index (χ3v) is 14.1. The van der Waals surface area contributed by atoms with Crippen LogP contribution in [0.3, 0.4) is 0 Å². The van der Waals surface area contributed by atoms with E-state index in [-0.39, 0.29) is 19.4 Å². The number of ether oxygens (including phenoxy) is 3. The number of nitrogens with one attached hydrogen (secondary N) is 1. The molecule has 434 valence electrons. The largest absolute Gasteiger partial charge is 0.454 e. The fourth-order valence-corrected chi connectivity index (χ4v) is 9.18. The van der Waals surface area contributed by atoms with Crippen LogP contribution in [0.5, 0.6) is 0 Å². The molecule has 8 atom stereocenters. The summed E-state index contributed by atoms with van der Waals surface area (Å²) >= 11 is 0. The van der Waals surface area contributed by atoms with Gasteiger partial charge >= 0.3 is 5.97 Å². The molecule has 1 aliphatic heterocycles. The van der Waals surface area contributed by atoms with Crippen LogP contribution in [0.15, 0.2) is 72.9 Å². The van der Waals surface area contributed by atoms with E-state index in [0.717, 1.165) is 109 Å². The number of amides is 1. The Morgan fingerprint density at radius 1 is 0.533 bits per heavy atom. The summed E-state index contributed by atoms with van der Waals surface area (Å²) in [5.74, 6) is -1.22. The highest BCUT2D eigenvalue weighted by Gasteiger charge is 2.47. The SMILES string of the molecule is CCCCC/C=C\C/C=C\C/C=C\CCCCCCCCC(=O)OC1C(OCC(NC(=O)C(O)CCCCCCC/C=C/C=C/CCCCC)C(O)/C=C/CCCCCCCCCCCCC)OC(CO)C(O)C1O. The van der Waals surface area contributed by atoms with Crippen molar-refractivity contribution >= 4 is 11.9 Å². The van der Waals surface area contributed by atoms with E-state index in [4.69, 9.17) is 14.2 Å². The standard InChI is InChI=1S/C64H113NO10/c1-4-7-10-13-16-19-22-25-27-28-29-30-31-34-37-40-43-46-49-52-59(69)75-62-61(71)60(70)58(53-66)74-64(62)73-54-55(56(67)50-47-44-41-38-35-32-24-21-18-15-12-9-6-3)65-63(72)57(68)51-48-45-42-39-36-33-26-23-20-17-14-11-8-5-2/h16-17,19-20,23,25-27,29-30,47,50,55-58,60-62,64,66-68,70-71H,4-15,18,21-22,24,28,31-46,48-49,51-54H2,1-3H3,(H,65,72)/b19-16-,20-17+,26-23+,27-25-,30-29-,50-47+. The molecule has 0 saturated carbocycles. The maximum atomic E-state index is 13.4. The van der Waals surface area contributed by atoms with Gasteiger partial charge in [0.15, 0.2) is 12.4 Å². The van der Waals surface area contributed by atoms with Crippen molar-refractivity contribution in [2.75, 3.05) is 13.2 Å². The molecule has 0 aromatic carbocycles. The molecule has 0 aliphatic carbocycles. The van der Waals surface area contributed by atoms with Gasteiger partial charge in [-0.25, -0.2) is 0 Å². The highest BCUT2D eigenvalue weighted by atomic mass is 16.7. The minimum atomic E-state index is -1.62. The van der Waals surface area contributed by atoms with Gasteiger partial charge in [0.05, 0.1) is 25.4 Å². The van der Waals surface area contributed by atoms with E-state index in [1.54, 1.807) is 6.08 Å². The monoisotopic (exact) mass is 1060 g/mol. The Kier molecular flexibility index (Phi) is 48.5. The van der Waals surface area contributed by atoms with E-state index >= 15 is 0 Å². The second-order valence-electron chi connectivity index (χ2n) is 21.1. The zero-order valence-electron chi connectivity index (χ0n) is 47.9. The Morgan fingerprint density at radius 3 is 1.48 bits per heavy atom. The first kappa shape index (κ1) is 70.1. The Bertz CT molecular complexity index is 1490. The summed E-state index contributed by atoms with van der Waals surface area (Å²) in [6.45, 7) is 5.71. The average Bonchev–Trinajstić information content (AvgIpc) is 3.41. The number of carbonyl (C=O) groups excluding carboxylic acids is 2. The average molecular weight is 1060 g/mol. The molecule has 1 saturated heterocycles. The lowest BCUT2D eigenvalue weighted by atomic mass is 9.99. The number of aliphatic hydroxyl groups is 5. The lowest BCUT2D eigenvalue weighted by Gasteiger charge is -2.41. The van der Waals surface area contributed by atoms with Gasteiger partial charge in [0, 0.05) is 6.42 Å². The molecule has 11 heteroatoms. The number of unbranched alkanes of at least 4 members (excludes halogenated alkanes) is 28. The van der Waals surface area contributed by atoms with Gasteiger partial charge in [-0.1, -0.05) is 235 Å². The van der Waals surface area contributed by atoms with Crippen LogP contribution in [-0.2, 0) is 23.8 Å². The summed E-state index contributed by atoms with van der Waals surface area (Å²) in [5, 5.41) is 56.9. The number of esters is 1. The molecule has 1 amide bonds. The highest BCUT2D eigenvalue weighted by molar-refractivity contribution is 5.80. The van der Waals surface area contributed by atoms with Crippen LogP contribution < -0.4 is 5.32 Å². The van der Waals surface area contributed by atoms with Gasteiger partial charge in [-0.05, 0) is 89.9 Å².